The number of aromatic nitrogens is 1. The van der Waals surface area contributed by atoms with Gasteiger partial charge in [0.2, 0.25) is 0 Å². The van der Waals surface area contributed by atoms with Crippen LogP contribution >= 0.6 is 0 Å². The van der Waals surface area contributed by atoms with E-state index in [1.807, 2.05) is 49.4 Å². The maximum Gasteiger partial charge on any atom is 0.347 e. The topological polar surface area (TPSA) is 56.2 Å². The second kappa shape index (κ2) is 5.25. The van der Waals surface area contributed by atoms with Gasteiger partial charge in [0.25, 0.3) is 0 Å². The van der Waals surface area contributed by atoms with Crippen LogP contribution in [0.2, 0.25) is 0 Å². The first-order valence-electron chi connectivity index (χ1n) is 7.28. The average Bonchev–Trinajstić information content (AvgIpc) is 3.04. The Labute approximate surface area is 132 Å². The Bertz CT molecular complexity index is 1040. The first-order chi connectivity index (χ1) is 11.2. The van der Waals surface area contributed by atoms with E-state index in [1.165, 1.54) is 5.56 Å². The maximum atomic E-state index is 12.2. The third kappa shape index (κ3) is 2.44. The van der Waals surface area contributed by atoms with Crippen LogP contribution in [0.1, 0.15) is 5.56 Å². The van der Waals surface area contributed by atoms with Crippen LogP contribution in [0.15, 0.2) is 74.4 Å². The highest BCUT2D eigenvalue weighted by Crippen LogP contribution is 2.26. The van der Waals surface area contributed by atoms with Gasteiger partial charge in [0.05, 0.1) is 0 Å². The number of hydrogen-bond acceptors (Lipinski definition) is 4. The van der Waals surface area contributed by atoms with Gasteiger partial charge < -0.3 is 8.94 Å². The van der Waals surface area contributed by atoms with Crippen molar-refractivity contribution in [2.75, 3.05) is 0 Å². The summed E-state index contributed by atoms with van der Waals surface area (Å²) < 4.78 is 10.7. The number of hydrogen-bond donors (Lipinski definition) is 0. The van der Waals surface area contributed by atoms with Gasteiger partial charge >= 0.3 is 5.63 Å². The molecule has 2 heterocycles. The lowest BCUT2D eigenvalue weighted by molar-refractivity contribution is 0.432. The van der Waals surface area contributed by atoms with Crippen LogP contribution in [0.4, 0.5) is 0 Å². The number of rotatable bonds is 2. The van der Waals surface area contributed by atoms with Crippen molar-refractivity contribution in [3.63, 3.8) is 0 Å². The van der Waals surface area contributed by atoms with E-state index in [0.29, 0.717) is 22.6 Å². The van der Waals surface area contributed by atoms with Crippen molar-refractivity contribution >= 4 is 11.0 Å². The average molecular weight is 303 g/mol. The Morgan fingerprint density at radius 1 is 0.957 bits per heavy atom. The molecule has 4 rings (SSSR count). The molecule has 0 saturated heterocycles. The molecule has 0 spiro atoms. The van der Waals surface area contributed by atoms with Crippen molar-refractivity contribution in [1.29, 1.82) is 0 Å². The summed E-state index contributed by atoms with van der Waals surface area (Å²) in [7, 11) is 0. The molecule has 0 N–H and O–H groups in total. The molecule has 0 atom stereocenters. The molecule has 0 fully saturated rings. The molecule has 0 bridgehead atoms. The molecule has 112 valence electrons. The summed E-state index contributed by atoms with van der Waals surface area (Å²) in [6.45, 7) is 2.03. The van der Waals surface area contributed by atoms with Crippen LogP contribution in [-0.4, -0.2) is 5.16 Å². The summed E-state index contributed by atoms with van der Waals surface area (Å²) in [5.74, 6) is 0.403. The van der Waals surface area contributed by atoms with Crippen LogP contribution in [-0.2, 0) is 0 Å². The fourth-order valence-corrected chi connectivity index (χ4v) is 2.50. The Morgan fingerprint density at radius 3 is 2.57 bits per heavy atom. The molecule has 0 saturated carbocycles. The fraction of sp³-hybridized carbons (Fsp3) is 0.0526. The van der Waals surface area contributed by atoms with Crippen molar-refractivity contribution in [1.82, 2.24) is 5.16 Å². The summed E-state index contributed by atoms with van der Waals surface area (Å²) in [6.07, 6.45) is 0. The summed E-state index contributed by atoms with van der Waals surface area (Å²) in [6, 6.07) is 18.9. The van der Waals surface area contributed by atoms with E-state index in [9.17, 15) is 4.79 Å². The smallest absolute Gasteiger partial charge is 0.347 e. The molecule has 0 aliphatic rings. The standard InChI is InChI=1S/C19H13NO3/c1-12-6-8-13(9-7-12)16-11-18(23-20-16)15-10-14-4-2-3-5-17(14)22-19(15)21/h2-11H,1H3. The monoisotopic (exact) mass is 303 g/mol. The zero-order valence-corrected chi connectivity index (χ0v) is 12.4. The summed E-state index contributed by atoms with van der Waals surface area (Å²) in [5, 5.41) is 4.90. The van der Waals surface area contributed by atoms with E-state index in [2.05, 4.69) is 5.16 Å². The van der Waals surface area contributed by atoms with E-state index in [1.54, 1.807) is 18.2 Å². The third-order valence-corrected chi connectivity index (χ3v) is 3.76. The molecule has 0 radical (unpaired) electrons. The van der Waals surface area contributed by atoms with Crippen molar-refractivity contribution in [3.8, 4) is 22.6 Å². The minimum Gasteiger partial charge on any atom is -0.422 e. The first-order valence-corrected chi connectivity index (χ1v) is 7.28. The van der Waals surface area contributed by atoms with Gasteiger partial charge in [-0.15, -0.1) is 0 Å². The predicted octanol–water partition coefficient (Wildman–Crippen LogP) is 4.42. The predicted molar refractivity (Wildman–Crippen MR) is 88.2 cm³/mol. The molecule has 2 aromatic carbocycles. The van der Waals surface area contributed by atoms with Gasteiger partial charge in [-0.2, -0.15) is 0 Å². The normalized spacial score (nSPS) is 11.0. The number of aryl methyl sites for hydroxylation is 1. The Balaban J connectivity index is 1.81. The summed E-state index contributed by atoms with van der Waals surface area (Å²) >= 11 is 0. The molecular weight excluding hydrogens is 290 g/mol. The highest BCUT2D eigenvalue weighted by atomic mass is 16.5. The highest BCUT2D eigenvalue weighted by molar-refractivity contribution is 5.81. The number of fused-ring (bicyclic) bond motifs is 1. The largest absolute Gasteiger partial charge is 0.422 e. The van der Waals surface area contributed by atoms with Crippen molar-refractivity contribution < 1.29 is 8.94 Å². The molecule has 2 aromatic heterocycles. The highest BCUT2D eigenvalue weighted by Gasteiger charge is 2.14. The van der Waals surface area contributed by atoms with Gasteiger partial charge in [-0.25, -0.2) is 4.79 Å². The molecule has 23 heavy (non-hydrogen) atoms. The molecular formula is C19H13NO3. The third-order valence-electron chi connectivity index (χ3n) is 3.76. The van der Waals surface area contributed by atoms with E-state index < -0.39 is 5.63 Å². The van der Waals surface area contributed by atoms with Crippen LogP contribution < -0.4 is 5.63 Å². The Hall–Kier alpha value is -3.14. The number of para-hydroxylation sites is 1. The van der Waals surface area contributed by atoms with Crippen LogP contribution in [0.25, 0.3) is 33.6 Å². The molecule has 0 unspecified atom stereocenters. The van der Waals surface area contributed by atoms with Gasteiger partial charge in [0, 0.05) is 17.0 Å². The SMILES string of the molecule is Cc1ccc(-c2cc(-c3cc4ccccc4oc3=O)on2)cc1. The second-order valence-electron chi connectivity index (χ2n) is 5.43. The zero-order chi connectivity index (χ0) is 15.8. The molecule has 4 nitrogen and oxygen atoms in total. The summed E-state index contributed by atoms with van der Waals surface area (Å²) in [4.78, 5) is 12.2. The molecule has 4 aromatic rings. The first kappa shape index (κ1) is 13.5. The van der Waals surface area contributed by atoms with E-state index in [4.69, 9.17) is 8.94 Å². The van der Waals surface area contributed by atoms with Crippen LogP contribution in [0.5, 0.6) is 0 Å². The van der Waals surface area contributed by atoms with E-state index in [-0.39, 0.29) is 0 Å². The lowest BCUT2D eigenvalue weighted by atomic mass is 10.1. The minimum absolute atomic E-state index is 0.370. The van der Waals surface area contributed by atoms with Crippen LogP contribution in [0, 0.1) is 6.92 Å². The Morgan fingerprint density at radius 2 is 1.74 bits per heavy atom. The molecule has 0 aliphatic carbocycles. The summed E-state index contributed by atoms with van der Waals surface area (Å²) in [5.41, 5.74) is 3.29. The van der Waals surface area contributed by atoms with Gasteiger partial charge in [0.1, 0.15) is 16.8 Å². The van der Waals surface area contributed by atoms with Gasteiger partial charge in [0.15, 0.2) is 5.76 Å². The van der Waals surface area contributed by atoms with Gasteiger partial charge in [-0.1, -0.05) is 53.2 Å². The van der Waals surface area contributed by atoms with Gasteiger partial charge in [-0.3, -0.25) is 0 Å². The van der Waals surface area contributed by atoms with Crippen molar-refractivity contribution in [2.24, 2.45) is 0 Å². The number of benzene rings is 2. The Kier molecular flexibility index (Phi) is 3.08. The quantitative estimate of drug-likeness (QED) is 0.514. The zero-order valence-electron chi connectivity index (χ0n) is 12.4. The van der Waals surface area contributed by atoms with Crippen LogP contribution in [0.3, 0.4) is 0 Å². The lowest BCUT2D eigenvalue weighted by Crippen LogP contribution is -2.01. The van der Waals surface area contributed by atoms with E-state index in [0.717, 1.165) is 10.9 Å². The fourth-order valence-electron chi connectivity index (χ4n) is 2.50. The lowest BCUT2D eigenvalue weighted by Gasteiger charge is -1.98. The van der Waals surface area contributed by atoms with Crippen molar-refractivity contribution in [2.45, 2.75) is 6.92 Å². The van der Waals surface area contributed by atoms with Crippen molar-refractivity contribution in [3.05, 3.63) is 76.6 Å². The van der Waals surface area contributed by atoms with Gasteiger partial charge in [-0.05, 0) is 19.1 Å². The molecule has 0 aliphatic heterocycles. The molecule has 4 heteroatoms. The second-order valence-corrected chi connectivity index (χ2v) is 5.43. The minimum atomic E-state index is -0.435. The van der Waals surface area contributed by atoms with E-state index >= 15 is 0 Å². The maximum absolute atomic E-state index is 12.2. The number of nitrogens with zero attached hydrogens (tertiary/aromatic N) is 1. The molecule has 0 amide bonds.